The van der Waals surface area contributed by atoms with Gasteiger partial charge in [0.2, 0.25) is 0 Å². The second-order valence-corrected chi connectivity index (χ2v) is 4.28. The number of hydrogen-bond acceptors (Lipinski definition) is 2. The molecule has 0 saturated carbocycles. The van der Waals surface area contributed by atoms with Crippen LogP contribution in [0.4, 0.5) is 13.2 Å². The molecule has 2 rings (SSSR count). The number of rotatable bonds is 4. The van der Waals surface area contributed by atoms with Crippen LogP contribution in [-0.4, -0.2) is 22.5 Å². The van der Waals surface area contributed by atoms with Crippen LogP contribution < -0.4 is 5.73 Å². The average Bonchev–Trinajstić information content (AvgIpc) is 2.76. The third kappa shape index (κ3) is 3.82. The first-order valence-corrected chi connectivity index (χ1v) is 5.86. The lowest BCUT2D eigenvalue weighted by atomic mass is 10.0. The Morgan fingerprint density at radius 1 is 1.21 bits per heavy atom. The molecule has 102 valence electrons. The summed E-state index contributed by atoms with van der Waals surface area (Å²) in [6.07, 6.45) is -0.683. The maximum absolute atomic E-state index is 12.2. The molecule has 0 amide bonds. The maximum Gasteiger partial charge on any atom is 0.408 e. The minimum absolute atomic E-state index is 0.538. The third-order valence-corrected chi connectivity index (χ3v) is 2.67. The van der Waals surface area contributed by atoms with Crippen LogP contribution in [0.15, 0.2) is 36.7 Å². The van der Waals surface area contributed by atoms with Crippen molar-refractivity contribution in [3.63, 3.8) is 0 Å². The predicted molar refractivity (Wildman–Crippen MR) is 66.5 cm³/mol. The van der Waals surface area contributed by atoms with Crippen molar-refractivity contribution >= 4 is 0 Å². The van der Waals surface area contributed by atoms with Crippen LogP contribution in [0.5, 0.6) is 0 Å². The Bertz CT molecular complexity index is 546. The van der Waals surface area contributed by atoms with E-state index in [-0.39, 0.29) is 0 Å². The molecule has 0 spiro atoms. The second-order valence-electron chi connectivity index (χ2n) is 4.28. The molecule has 0 unspecified atom stereocenters. The van der Waals surface area contributed by atoms with E-state index >= 15 is 0 Å². The van der Waals surface area contributed by atoms with Crippen molar-refractivity contribution in [1.82, 2.24) is 9.78 Å². The number of nitrogens with two attached hydrogens (primary N) is 1. The molecule has 1 aromatic heterocycles. The monoisotopic (exact) mass is 269 g/mol. The van der Waals surface area contributed by atoms with E-state index < -0.39 is 12.7 Å². The van der Waals surface area contributed by atoms with Gasteiger partial charge in [0.05, 0.1) is 6.20 Å². The lowest BCUT2D eigenvalue weighted by Crippen LogP contribution is -2.17. The van der Waals surface area contributed by atoms with Gasteiger partial charge in [-0.05, 0) is 24.1 Å². The Morgan fingerprint density at radius 3 is 2.68 bits per heavy atom. The van der Waals surface area contributed by atoms with Gasteiger partial charge in [0, 0.05) is 11.8 Å². The van der Waals surface area contributed by atoms with Gasteiger partial charge >= 0.3 is 6.18 Å². The fourth-order valence-corrected chi connectivity index (χ4v) is 1.86. The lowest BCUT2D eigenvalue weighted by molar-refractivity contribution is -0.142. The van der Waals surface area contributed by atoms with Crippen molar-refractivity contribution in [3.8, 4) is 11.1 Å². The van der Waals surface area contributed by atoms with E-state index in [9.17, 15) is 13.2 Å². The molecule has 2 aromatic rings. The van der Waals surface area contributed by atoms with Crippen molar-refractivity contribution in [1.29, 1.82) is 0 Å². The number of halogens is 3. The summed E-state index contributed by atoms with van der Waals surface area (Å²) in [6, 6.07) is 7.56. The molecule has 6 heteroatoms. The van der Waals surface area contributed by atoms with E-state index in [1.54, 1.807) is 0 Å². The number of benzene rings is 1. The Labute approximate surface area is 108 Å². The van der Waals surface area contributed by atoms with Gasteiger partial charge in [-0.25, -0.2) is 0 Å². The molecule has 1 heterocycles. The Hall–Kier alpha value is -1.82. The molecule has 0 aliphatic rings. The van der Waals surface area contributed by atoms with Crippen molar-refractivity contribution < 1.29 is 13.2 Å². The van der Waals surface area contributed by atoms with Crippen LogP contribution in [0.25, 0.3) is 11.1 Å². The highest BCUT2D eigenvalue weighted by Crippen LogP contribution is 2.22. The van der Waals surface area contributed by atoms with Gasteiger partial charge in [-0.15, -0.1) is 0 Å². The smallest absolute Gasteiger partial charge is 0.330 e. The zero-order chi connectivity index (χ0) is 13.9. The first-order valence-electron chi connectivity index (χ1n) is 5.86. The molecule has 0 radical (unpaired) electrons. The number of alkyl halides is 3. The van der Waals surface area contributed by atoms with Crippen LogP contribution in [0.1, 0.15) is 5.56 Å². The van der Waals surface area contributed by atoms with Gasteiger partial charge in [0.25, 0.3) is 0 Å². The fraction of sp³-hybridized carbons (Fsp3) is 0.308. The summed E-state index contributed by atoms with van der Waals surface area (Å²) in [7, 11) is 0. The van der Waals surface area contributed by atoms with E-state index in [2.05, 4.69) is 5.10 Å². The topological polar surface area (TPSA) is 43.8 Å². The van der Waals surface area contributed by atoms with Gasteiger partial charge in [-0.1, -0.05) is 24.3 Å². The van der Waals surface area contributed by atoms with Gasteiger partial charge in [-0.3, -0.25) is 4.68 Å². The summed E-state index contributed by atoms with van der Waals surface area (Å²) in [5.74, 6) is 0. The molecule has 0 aliphatic carbocycles. The largest absolute Gasteiger partial charge is 0.408 e. The van der Waals surface area contributed by atoms with Crippen molar-refractivity contribution in [2.45, 2.75) is 19.1 Å². The molecule has 19 heavy (non-hydrogen) atoms. The van der Waals surface area contributed by atoms with Gasteiger partial charge < -0.3 is 5.73 Å². The molecule has 0 aliphatic heterocycles. The van der Waals surface area contributed by atoms with Crippen molar-refractivity contribution in [2.75, 3.05) is 6.54 Å². The quantitative estimate of drug-likeness (QED) is 0.927. The maximum atomic E-state index is 12.2. The van der Waals surface area contributed by atoms with Crippen LogP contribution >= 0.6 is 0 Å². The minimum Gasteiger partial charge on any atom is -0.330 e. The first-order chi connectivity index (χ1) is 8.98. The number of nitrogens with zero attached hydrogens (tertiary/aromatic N) is 2. The minimum atomic E-state index is -4.26. The molecular weight excluding hydrogens is 255 g/mol. The third-order valence-electron chi connectivity index (χ3n) is 2.67. The Balaban J connectivity index is 2.20. The number of aromatic nitrogens is 2. The van der Waals surface area contributed by atoms with E-state index in [1.807, 2.05) is 24.3 Å². The highest BCUT2D eigenvalue weighted by molar-refractivity contribution is 5.62. The average molecular weight is 269 g/mol. The summed E-state index contributed by atoms with van der Waals surface area (Å²) in [5.41, 5.74) is 8.06. The van der Waals surface area contributed by atoms with Crippen molar-refractivity contribution in [2.24, 2.45) is 5.73 Å². The molecule has 0 saturated heterocycles. The standard InChI is InChI=1S/C13H14F3N3/c14-13(15,16)9-19-8-12(7-18-19)11-3-1-2-10(6-11)4-5-17/h1-3,6-8H,4-5,9,17H2. The Morgan fingerprint density at radius 2 is 2.00 bits per heavy atom. The highest BCUT2D eigenvalue weighted by Gasteiger charge is 2.28. The van der Waals surface area contributed by atoms with Crippen LogP contribution in [0.2, 0.25) is 0 Å². The van der Waals surface area contributed by atoms with E-state index in [4.69, 9.17) is 5.73 Å². The summed E-state index contributed by atoms with van der Waals surface area (Å²) in [6.45, 7) is -0.535. The summed E-state index contributed by atoms with van der Waals surface area (Å²) >= 11 is 0. The summed E-state index contributed by atoms with van der Waals surface area (Å²) < 4.78 is 37.6. The Kier molecular flexibility index (Phi) is 3.90. The molecule has 2 N–H and O–H groups in total. The molecular formula is C13H14F3N3. The van der Waals surface area contributed by atoms with E-state index in [1.165, 1.54) is 12.4 Å². The summed E-state index contributed by atoms with van der Waals surface area (Å²) in [4.78, 5) is 0. The number of hydrogen-bond donors (Lipinski definition) is 1. The fourth-order valence-electron chi connectivity index (χ4n) is 1.86. The van der Waals surface area contributed by atoms with Crippen LogP contribution in [-0.2, 0) is 13.0 Å². The zero-order valence-electron chi connectivity index (χ0n) is 10.2. The summed E-state index contributed by atoms with van der Waals surface area (Å²) in [5, 5.41) is 3.73. The lowest BCUT2D eigenvalue weighted by Gasteiger charge is -2.05. The normalized spacial score (nSPS) is 11.8. The molecule has 1 aromatic carbocycles. The highest BCUT2D eigenvalue weighted by atomic mass is 19.4. The van der Waals surface area contributed by atoms with Crippen LogP contribution in [0.3, 0.4) is 0 Å². The second kappa shape index (κ2) is 5.44. The van der Waals surface area contributed by atoms with E-state index in [0.717, 1.165) is 22.2 Å². The van der Waals surface area contributed by atoms with Gasteiger partial charge in [0.15, 0.2) is 0 Å². The molecule has 0 bridgehead atoms. The van der Waals surface area contributed by atoms with Gasteiger partial charge in [-0.2, -0.15) is 18.3 Å². The molecule has 3 nitrogen and oxygen atoms in total. The first kappa shape index (κ1) is 13.6. The molecule has 0 fully saturated rings. The van der Waals surface area contributed by atoms with E-state index in [0.29, 0.717) is 12.1 Å². The predicted octanol–water partition coefficient (Wildman–Crippen LogP) is 2.61. The van der Waals surface area contributed by atoms with Crippen molar-refractivity contribution in [3.05, 3.63) is 42.2 Å². The van der Waals surface area contributed by atoms with Crippen LogP contribution in [0, 0.1) is 0 Å². The van der Waals surface area contributed by atoms with Gasteiger partial charge in [0.1, 0.15) is 6.54 Å². The SMILES string of the molecule is NCCc1cccc(-c2cnn(CC(F)(F)F)c2)c1. The zero-order valence-corrected chi connectivity index (χ0v) is 10.2. The molecule has 0 atom stereocenters.